The third-order valence-electron chi connectivity index (χ3n) is 5.91. The van der Waals surface area contributed by atoms with Gasteiger partial charge in [0.05, 0.1) is 13.2 Å². The van der Waals surface area contributed by atoms with Crippen molar-refractivity contribution in [1.82, 2.24) is 0 Å². The minimum atomic E-state index is -1.93. The Labute approximate surface area is 189 Å². The van der Waals surface area contributed by atoms with E-state index < -0.39 is 30.5 Å². The zero-order chi connectivity index (χ0) is 22.2. The van der Waals surface area contributed by atoms with E-state index in [1.165, 1.54) is 12.1 Å². The number of benzene rings is 2. The molecule has 3 aromatic rings. The van der Waals surface area contributed by atoms with Crippen LogP contribution in [0, 0.1) is 12.7 Å². The predicted molar refractivity (Wildman–Crippen MR) is 120 cm³/mol. The number of hydrogen-bond acceptors (Lipinski definition) is 6. The maximum atomic E-state index is 13.2. The van der Waals surface area contributed by atoms with E-state index in [-0.39, 0.29) is 17.9 Å². The smallest absolute Gasteiger partial charge is 0.146 e. The molecule has 32 heavy (non-hydrogen) atoms. The van der Waals surface area contributed by atoms with E-state index in [0.29, 0.717) is 12.0 Å². The van der Waals surface area contributed by atoms with Crippen LogP contribution in [-0.2, 0) is 16.8 Å². The molecule has 1 aliphatic heterocycles. The first-order valence-electron chi connectivity index (χ1n) is 10.1. The van der Waals surface area contributed by atoms with Gasteiger partial charge in [-0.15, -0.1) is 11.3 Å². The Bertz CT molecular complexity index is 1050. The number of aliphatic hydroxyl groups is 4. The third-order valence-corrected chi connectivity index (χ3v) is 7.04. The fourth-order valence-electron chi connectivity index (χ4n) is 4.01. The second kappa shape index (κ2) is 9.76. The maximum absolute atomic E-state index is 13.2. The molecule has 1 saturated heterocycles. The van der Waals surface area contributed by atoms with Crippen LogP contribution in [0.15, 0.2) is 54.6 Å². The highest BCUT2D eigenvalue weighted by Gasteiger charge is 2.52. The topological polar surface area (TPSA) is 122 Å². The first-order valence-corrected chi connectivity index (χ1v) is 10.9. The van der Waals surface area contributed by atoms with Crippen molar-refractivity contribution in [3.63, 3.8) is 0 Å². The summed E-state index contributed by atoms with van der Waals surface area (Å²) in [5.74, 6) is -0.272. The van der Waals surface area contributed by atoms with Gasteiger partial charge in [0.1, 0.15) is 29.7 Å². The van der Waals surface area contributed by atoms with Crippen molar-refractivity contribution in [2.75, 3.05) is 13.2 Å². The molecule has 0 amide bonds. The minimum Gasteiger partial charge on any atom is -0.412 e. The van der Waals surface area contributed by atoms with Crippen LogP contribution in [0.3, 0.4) is 0 Å². The summed E-state index contributed by atoms with van der Waals surface area (Å²) in [7, 11) is 0. The Hall–Kier alpha value is -2.17. The second-order valence-electron chi connectivity index (χ2n) is 7.93. The fourth-order valence-corrected chi connectivity index (χ4v) is 5.04. The number of aryl methyl sites for hydroxylation is 1. The zero-order valence-electron chi connectivity index (χ0n) is 17.5. The number of thiophene rings is 1. The molecule has 0 unspecified atom stereocenters. The Morgan fingerprint density at radius 2 is 1.81 bits per heavy atom. The van der Waals surface area contributed by atoms with E-state index in [4.69, 9.17) is 4.74 Å². The maximum Gasteiger partial charge on any atom is 0.146 e. The SMILES string of the molecule is Cc1ccc([C@@]2(O)[C@H](O)[C@@H](O)CO[C@@H]2CO)cc1Cc1ccc(-c2ccc(F)cc2)s1.O. The molecule has 0 saturated carbocycles. The predicted octanol–water partition coefficient (Wildman–Crippen LogP) is 1.93. The summed E-state index contributed by atoms with van der Waals surface area (Å²) in [6.45, 7) is 1.31. The number of rotatable bonds is 5. The second-order valence-corrected chi connectivity index (χ2v) is 9.10. The summed E-state index contributed by atoms with van der Waals surface area (Å²) in [5.41, 5.74) is 1.36. The summed E-state index contributed by atoms with van der Waals surface area (Å²) in [4.78, 5) is 2.12. The quantitative estimate of drug-likeness (QED) is 0.462. The van der Waals surface area contributed by atoms with Crippen molar-refractivity contribution in [1.29, 1.82) is 0 Å². The fraction of sp³-hybridized carbons (Fsp3) is 0.333. The van der Waals surface area contributed by atoms with Crippen molar-refractivity contribution < 1.29 is 35.0 Å². The highest BCUT2D eigenvalue weighted by molar-refractivity contribution is 7.15. The Kier molecular flexibility index (Phi) is 7.46. The van der Waals surface area contributed by atoms with Crippen molar-refractivity contribution in [2.45, 2.75) is 37.3 Å². The molecule has 0 spiro atoms. The molecule has 6 N–H and O–H groups in total. The molecule has 0 radical (unpaired) electrons. The van der Waals surface area contributed by atoms with E-state index in [2.05, 4.69) is 0 Å². The van der Waals surface area contributed by atoms with Gasteiger partial charge in [-0.1, -0.05) is 30.3 Å². The third kappa shape index (κ3) is 4.49. The zero-order valence-corrected chi connectivity index (χ0v) is 18.3. The molecule has 4 rings (SSSR count). The van der Waals surface area contributed by atoms with E-state index in [1.54, 1.807) is 35.6 Å². The molecular weight excluding hydrogens is 435 g/mol. The van der Waals surface area contributed by atoms with Crippen LogP contribution in [0.25, 0.3) is 10.4 Å². The van der Waals surface area contributed by atoms with Crippen molar-refractivity contribution >= 4 is 11.3 Å². The van der Waals surface area contributed by atoms with Gasteiger partial charge in [-0.2, -0.15) is 0 Å². The van der Waals surface area contributed by atoms with E-state index in [0.717, 1.165) is 26.4 Å². The Morgan fingerprint density at radius 1 is 1.09 bits per heavy atom. The summed E-state index contributed by atoms with van der Waals surface area (Å²) >= 11 is 1.60. The van der Waals surface area contributed by atoms with Crippen molar-refractivity contribution in [2.24, 2.45) is 0 Å². The van der Waals surface area contributed by atoms with Crippen LogP contribution in [0.5, 0.6) is 0 Å². The average Bonchev–Trinajstić information content (AvgIpc) is 3.23. The molecule has 1 aliphatic rings. The molecule has 8 heteroatoms. The normalized spacial score (nSPS) is 25.4. The lowest BCUT2D eigenvalue weighted by Crippen LogP contribution is -2.61. The van der Waals surface area contributed by atoms with Gasteiger partial charge in [0, 0.05) is 16.2 Å². The Balaban J connectivity index is 0.00000289. The van der Waals surface area contributed by atoms with Crippen LogP contribution in [0.2, 0.25) is 0 Å². The largest absolute Gasteiger partial charge is 0.412 e. The highest BCUT2D eigenvalue weighted by atomic mass is 32.1. The van der Waals surface area contributed by atoms with Gasteiger partial charge >= 0.3 is 0 Å². The van der Waals surface area contributed by atoms with Gasteiger partial charge in [0.2, 0.25) is 0 Å². The molecule has 4 atom stereocenters. The Morgan fingerprint density at radius 3 is 2.50 bits per heavy atom. The van der Waals surface area contributed by atoms with E-state index in [1.807, 2.05) is 25.1 Å². The lowest BCUT2D eigenvalue weighted by atomic mass is 9.78. The van der Waals surface area contributed by atoms with Gasteiger partial charge in [-0.05, 0) is 53.4 Å². The number of hydrogen-bond donors (Lipinski definition) is 4. The minimum absolute atomic E-state index is 0. The molecule has 0 bridgehead atoms. The first-order chi connectivity index (χ1) is 14.8. The van der Waals surface area contributed by atoms with Gasteiger partial charge in [0.25, 0.3) is 0 Å². The van der Waals surface area contributed by atoms with Gasteiger partial charge in [-0.3, -0.25) is 0 Å². The number of aliphatic hydroxyl groups excluding tert-OH is 3. The molecule has 2 heterocycles. The molecule has 6 nitrogen and oxygen atoms in total. The van der Waals surface area contributed by atoms with Crippen LogP contribution in [0.4, 0.5) is 4.39 Å². The number of ether oxygens (including phenoxy) is 1. The first kappa shape index (κ1) is 24.5. The van der Waals surface area contributed by atoms with Crippen molar-refractivity contribution in [3.8, 4) is 10.4 Å². The highest BCUT2D eigenvalue weighted by Crippen LogP contribution is 2.37. The molecule has 2 aromatic carbocycles. The molecule has 1 fully saturated rings. The monoisotopic (exact) mass is 462 g/mol. The van der Waals surface area contributed by atoms with Gasteiger partial charge < -0.3 is 30.6 Å². The standard InChI is InChI=1S/C24H25FO5S.H2O/c1-14-2-5-17(24(29)22(12-26)30-13-20(27)23(24)28)10-16(14)11-19-8-9-21(31-19)15-3-6-18(25)7-4-15;/h2-10,20,22-23,26-29H,11-13H2,1H3;1H2/t20-,22+,23+,24-;/m0./s1. The lowest BCUT2D eigenvalue weighted by Gasteiger charge is -2.45. The molecule has 0 aliphatic carbocycles. The summed E-state index contributed by atoms with van der Waals surface area (Å²) in [5, 5.41) is 41.5. The van der Waals surface area contributed by atoms with Gasteiger partial charge in [0.15, 0.2) is 0 Å². The van der Waals surface area contributed by atoms with Crippen LogP contribution >= 0.6 is 11.3 Å². The summed E-state index contributed by atoms with van der Waals surface area (Å²) < 4.78 is 18.6. The van der Waals surface area contributed by atoms with Crippen LogP contribution in [0.1, 0.15) is 21.6 Å². The van der Waals surface area contributed by atoms with Crippen LogP contribution in [-0.4, -0.2) is 57.4 Å². The lowest BCUT2D eigenvalue weighted by molar-refractivity contribution is -0.255. The average molecular weight is 463 g/mol. The van der Waals surface area contributed by atoms with Gasteiger partial charge in [-0.25, -0.2) is 4.39 Å². The molecule has 172 valence electrons. The van der Waals surface area contributed by atoms with E-state index in [9.17, 15) is 24.8 Å². The molecular formula is C24H27FO6S. The van der Waals surface area contributed by atoms with Crippen LogP contribution < -0.4 is 0 Å². The summed E-state index contributed by atoms with van der Waals surface area (Å²) in [6, 6.07) is 15.7. The van der Waals surface area contributed by atoms with E-state index >= 15 is 0 Å². The molecule has 1 aromatic heterocycles. The number of halogens is 1. The summed E-state index contributed by atoms with van der Waals surface area (Å²) in [6.07, 6.45) is -3.19. The van der Waals surface area contributed by atoms with Crippen molar-refractivity contribution in [3.05, 3.63) is 82.0 Å².